The van der Waals surface area contributed by atoms with Crippen LogP contribution in [0.15, 0.2) is 27.1 Å². The number of hydrogen-bond donors (Lipinski definition) is 1. The second kappa shape index (κ2) is 4.66. The molecule has 0 radical (unpaired) electrons. The molecule has 1 aliphatic rings. The molecule has 16 heavy (non-hydrogen) atoms. The summed E-state index contributed by atoms with van der Waals surface area (Å²) in [6.07, 6.45) is 0.682. The maximum absolute atomic E-state index is 11.3. The van der Waals surface area contributed by atoms with E-state index in [4.69, 9.17) is 0 Å². The number of hydrogen-bond acceptors (Lipinski definition) is 3. The Morgan fingerprint density at radius 3 is 2.69 bits per heavy atom. The molecule has 1 aromatic carbocycles. The lowest BCUT2D eigenvalue weighted by atomic mass is 10.2. The van der Waals surface area contributed by atoms with E-state index in [1.807, 2.05) is 18.2 Å². The highest BCUT2D eigenvalue weighted by atomic mass is 79.9. The predicted octanol–water partition coefficient (Wildman–Crippen LogP) is 2.81. The lowest BCUT2D eigenvalue weighted by molar-refractivity contribution is 0.602. The smallest absolute Gasteiger partial charge is 0.152 e. The molecule has 0 amide bonds. The van der Waals surface area contributed by atoms with Gasteiger partial charge in [-0.05, 0) is 40.5 Å². The van der Waals surface area contributed by atoms with Crippen LogP contribution in [0.4, 0.5) is 5.69 Å². The molecule has 0 bridgehead atoms. The first-order valence-corrected chi connectivity index (χ1v) is 8.29. The maximum atomic E-state index is 11.3. The second-order valence-electron chi connectivity index (χ2n) is 3.87. The van der Waals surface area contributed by atoms with Gasteiger partial charge in [0.15, 0.2) is 9.84 Å². The van der Waals surface area contributed by atoms with Gasteiger partial charge in [-0.25, -0.2) is 8.42 Å². The Morgan fingerprint density at radius 2 is 2.06 bits per heavy atom. The molecular weight excluding hydrogens is 358 g/mol. The minimum atomic E-state index is -2.83. The van der Waals surface area contributed by atoms with Crippen LogP contribution in [0.1, 0.15) is 6.42 Å². The van der Waals surface area contributed by atoms with Crippen molar-refractivity contribution in [1.82, 2.24) is 0 Å². The fourth-order valence-electron chi connectivity index (χ4n) is 1.74. The molecule has 1 aliphatic heterocycles. The number of anilines is 1. The van der Waals surface area contributed by atoms with Crippen LogP contribution in [-0.4, -0.2) is 26.0 Å². The molecule has 0 aromatic heterocycles. The van der Waals surface area contributed by atoms with E-state index < -0.39 is 9.84 Å². The summed E-state index contributed by atoms with van der Waals surface area (Å²) in [5, 5.41) is 3.25. The topological polar surface area (TPSA) is 46.2 Å². The van der Waals surface area contributed by atoms with Crippen LogP contribution >= 0.6 is 31.9 Å². The number of nitrogens with one attached hydrogen (secondary N) is 1. The van der Waals surface area contributed by atoms with Crippen molar-refractivity contribution < 1.29 is 8.42 Å². The molecule has 2 rings (SSSR count). The van der Waals surface area contributed by atoms with Gasteiger partial charge in [-0.2, -0.15) is 0 Å². The molecule has 1 aromatic rings. The predicted molar refractivity (Wildman–Crippen MR) is 72.5 cm³/mol. The molecule has 1 saturated heterocycles. The first-order valence-electron chi connectivity index (χ1n) is 4.88. The normalized spacial score (nSPS) is 23.2. The van der Waals surface area contributed by atoms with Crippen LogP contribution in [0.3, 0.4) is 0 Å². The Hall–Kier alpha value is -0.0700. The summed E-state index contributed by atoms with van der Waals surface area (Å²) in [4.78, 5) is 0. The summed E-state index contributed by atoms with van der Waals surface area (Å²) >= 11 is 6.82. The van der Waals surface area contributed by atoms with Crippen molar-refractivity contribution in [2.75, 3.05) is 16.8 Å². The molecule has 6 heteroatoms. The standard InChI is InChI=1S/C10H11Br2NO2S/c11-7-1-2-9(12)10(5-7)13-8-3-4-16(14,15)6-8/h1-2,5,8,13H,3-4,6H2. The summed E-state index contributed by atoms with van der Waals surface area (Å²) in [6, 6.07) is 5.82. The number of benzene rings is 1. The van der Waals surface area contributed by atoms with Crippen molar-refractivity contribution >= 4 is 47.4 Å². The molecule has 0 spiro atoms. The van der Waals surface area contributed by atoms with Crippen molar-refractivity contribution in [2.24, 2.45) is 0 Å². The van der Waals surface area contributed by atoms with E-state index in [1.54, 1.807) is 0 Å². The van der Waals surface area contributed by atoms with Gasteiger partial charge < -0.3 is 5.32 Å². The molecular formula is C10H11Br2NO2S. The highest BCUT2D eigenvalue weighted by Gasteiger charge is 2.27. The van der Waals surface area contributed by atoms with Crippen LogP contribution in [-0.2, 0) is 9.84 Å². The minimum absolute atomic E-state index is 0.0237. The molecule has 1 heterocycles. The Bertz CT molecular complexity index is 502. The Kier molecular flexibility index (Phi) is 3.61. The molecule has 3 nitrogen and oxygen atoms in total. The summed E-state index contributed by atoms with van der Waals surface area (Å²) in [5.41, 5.74) is 0.927. The van der Waals surface area contributed by atoms with Gasteiger partial charge in [-0.15, -0.1) is 0 Å². The lowest BCUT2D eigenvalue weighted by Crippen LogP contribution is -2.20. The zero-order valence-corrected chi connectivity index (χ0v) is 12.4. The van der Waals surface area contributed by atoms with Crippen LogP contribution in [0.25, 0.3) is 0 Å². The fourth-order valence-corrected chi connectivity index (χ4v) is 4.13. The monoisotopic (exact) mass is 367 g/mol. The van der Waals surface area contributed by atoms with E-state index >= 15 is 0 Å². The summed E-state index contributed by atoms with van der Waals surface area (Å²) in [7, 11) is -2.83. The van der Waals surface area contributed by atoms with Crippen LogP contribution < -0.4 is 5.32 Å². The van der Waals surface area contributed by atoms with E-state index in [-0.39, 0.29) is 17.5 Å². The van der Waals surface area contributed by atoms with E-state index in [2.05, 4.69) is 37.2 Å². The number of rotatable bonds is 2. The maximum Gasteiger partial charge on any atom is 0.152 e. The van der Waals surface area contributed by atoms with Crippen LogP contribution in [0.5, 0.6) is 0 Å². The fraction of sp³-hybridized carbons (Fsp3) is 0.400. The van der Waals surface area contributed by atoms with Gasteiger partial charge in [0.05, 0.1) is 11.5 Å². The van der Waals surface area contributed by atoms with Crippen molar-refractivity contribution in [3.05, 3.63) is 27.1 Å². The van der Waals surface area contributed by atoms with Gasteiger partial charge in [0.1, 0.15) is 0 Å². The Labute approximate surface area is 112 Å². The highest BCUT2D eigenvalue weighted by Crippen LogP contribution is 2.28. The van der Waals surface area contributed by atoms with Gasteiger partial charge in [0.25, 0.3) is 0 Å². The van der Waals surface area contributed by atoms with Crippen molar-refractivity contribution in [3.63, 3.8) is 0 Å². The Balaban J connectivity index is 2.13. The molecule has 1 unspecified atom stereocenters. The van der Waals surface area contributed by atoms with E-state index in [0.717, 1.165) is 14.6 Å². The third kappa shape index (κ3) is 2.99. The number of sulfone groups is 1. The first-order chi connectivity index (χ1) is 7.46. The average Bonchev–Trinajstić information content (AvgIpc) is 2.52. The second-order valence-corrected chi connectivity index (χ2v) is 7.87. The average molecular weight is 369 g/mol. The molecule has 1 N–H and O–H groups in total. The largest absolute Gasteiger partial charge is 0.380 e. The minimum Gasteiger partial charge on any atom is -0.380 e. The van der Waals surface area contributed by atoms with Crippen LogP contribution in [0.2, 0.25) is 0 Å². The van der Waals surface area contributed by atoms with Crippen molar-refractivity contribution in [1.29, 1.82) is 0 Å². The molecule has 1 fully saturated rings. The van der Waals surface area contributed by atoms with Gasteiger partial charge in [0.2, 0.25) is 0 Å². The summed E-state index contributed by atoms with van der Waals surface area (Å²) in [6.45, 7) is 0. The highest BCUT2D eigenvalue weighted by molar-refractivity contribution is 9.11. The summed E-state index contributed by atoms with van der Waals surface area (Å²) in [5.74, 6) is 0.516. The molecule has 1 atom stereocenters. The van der Waals surface area contributed by atoms with Gasteiger partial charge in [0, 0.05) is 20.7 Å². The van der Waals surface area contributed by atoms with E-state index in [9.17, 15) is 8.42 Å². The molecule has 88 valence electrons. The van der Waals surface area contributed by atoms with E-state index in [1.165, 1.54) is 0 Å². The van der Waals surface area contributed by atoms with Gasteiger partial charge >= 0.3 is 0 Å². The SMILES string of the molecule is O=S1(=O)CCC(Nc2cc(Br)ccc2Br)C1. The number of halogens is 2. The Morgan fingerprint density at radius 1 is 1.31 bits per heavy atom. The van der Waals surface area contributed by atoms with E-state index in [0.29, 0.717) is 6.42 Å². The molecule has 0 aliphatic carbocycles. The third-order valence-corrected chi connectivity index (χ3v) is 5.47. The van der Waals surface area contributed by atoms with Crippen LogP contribution in [0, 0.1) is 0 Å². The zero-order valence-electron chi connectivity index (χ0n) is 8.41. The third-order valence-electron chi connectivity index (χ3n) is 2.52. The summed E-state index contributed by atoms with van der Waals surface area (Å²) < 4.78 is 24.6. The van der Waals surface area contributed by atoms with Crippen molar-refractivity contribution in [3.8, 4) is 0 Å². The first kappa shape index (κ1) is 12.4. The quantitative estimate of drug-likeness (QED) is 0.872. The van der Waals surface area contributed by atoms with Gasteiger partial charge in [-0.3, -0.25) is 0 Å². The zero-order chi connectivity index (χ0) is 11.8. The van der Waals surface area contributed by atoms with Crippen molar-refractivity contribution in [2.45, 2.75) is 12.5 Å². The molecule has 0 saturated carbocycles. The van der Waals surface area contributed by atoms with Gasteiger partial charge in [-0.1, -0.05) is 15.9 Å². The lowest BCUT2D eigenvalue weighted by Gasteiger charge is -2.14.